The fraction of sp³-hybridized carbons (Fsp3) is 0.0769. The molecular formula is C13H13NO. The van der Waals surface area contributed by atoms with E-state index >= 15 is 0 Å². The van der Waals surface area contributed by atoms with Gasteiger partial charge in [-0.05, 0) is 18.6 Å². The summed E-state index contributed by atoms with van der Waals surface area (Å²) >= 11 is 0. The summed E-state index contributed by atoms with van der Waals surface area (Å²) in [7, 11) is 0. The van der Waals surface area contributed by atoms with Crippen LogP contribution in [0.5, 0.6) is 0 Å². The maximum atomic E-state index is 9.40. The van der Waals surface area contributed by atoms with Crippen molar-refractivity contribution < 1.29 is 5.11 Å². The number of aromatic nitrogens is 1. The fourth-order valence-electron chi connectivity index (χ4n) is 1.66. The molecule has 0 fully saturated rings. The Balaban J connectivity index is 2.54. The number of hydrogen-bond acceptors (Lipinski definition) is 1. The van der Waals surface area contributed by atoms with Gasteiger partial charge in [0.1, 0.15) is 5.76 Å². The van der Waals surface area contributed by atoms with E-state index in [4.69, 9.17) is 0 Å². The van der Waals surface area contributed by atoms with E-state index in [9.17, 15) is 5.11 Å². The second-order valence-corrected chi connectivity index (χ2v) is 3.58. The maximum absolute atomic E-state index is 9.40. The van der Waals surface area contributed by atoms with E-state index in [1.165, 1.54) is 5.56 Å². The molecule has 0 spiro atoms. The third kappa shape index (κ3) is 1.79. The number of aliphatic hydroxyl groups excluding tert-OH is 1. The summed E-state index contributed by atoms with van der Waals surface area (Å²) in [5, 5.41) is 9.40. The van der Waals surface area contributed by atoms with Gasteiger partial charge in [-0.1, -0.05) is 36.4 Å². The third-order valence-electron chi connectivity index (χ3n) is 2.36. The molecular weight excluding hydrogens is 186 g/mol. The Kier molecular flexibility index (Phi) is 2.34. The van der Waals surface area contributed by atoms with Gasteiger partial charge in [0.15, 0.2) is 0 Å². The van der Waals surface area contributed by atoms with Crippen LogP contribution < -0.4 is 0 Å². The third-order valence-corrected chi connectivity index (χ3v) is 2.36. The van der Waals surface area contributed by atoms with Crippen LogP contribution in [0.1, 0.15) is 11.3 Å². The van der Waals surface area contributed by atoms with Gasteiger partial charge in [-0.15, -0.1) is 0 Å². The topological polar surface area (TPSA) is 36.0 Å². The van der Waals surface area contributed by atoms with Crippen LogP contribution in [-0.4, -0.2) is 10.1 Å². The Hall–Kier alpha value is -1.96. The first-order chi connectivity index (χ1) is 7.18. The molecule has 2 aromatic rings. The summed E-state index contributed by atoms with van der Waals surface area (Å²) in [6.45, 7) is 5.58. The van der Waals surface area contributed by atoms with E-state index in [1.54, 1.807) is 6.20 Å². The molecule has 0 atom stereocenters. The Morgan fingerprint density at radius 3 is 2.80 bits per heavy atom. The number of aliphatic hydroxyl groups is 1. The number of H-pyrrole nitrogens is 1. The fourth-order valence-corrected chi connectivity index (χ4v) is 1.66. The highest BCUT2D eigenvalue weighted by molar-refractivity contribution is 5.76. The monoisotopic (exact) mass is 199 g/mol. The minimum atomic E-state index is 0.0662. The van der Waals surface area contributed by atoms with Crippen LogP contribution in [-0.2, 0) is 0 Å². The van der Waals surface area contributed by atoms with Crippen molar-refractivity contribution >= 4 is 5.76 Å². The average molecular weight is 199 g/mol. The van der Waals surface area contributed by atoms with Gasteiger partial charge in [0.05, 0.1) is 5.69 Å². The smallest absolute Gasteiger partial charge is 0.132 e. The highest BCUT2D eigenvalue weighted by Crippen LogP contribution is 2.26. The number of rotatable bonds is 2. The molecule has 0 unspecified atom stereocenters. The van der Waals surface area contributed by atoms with Crippen molar-refractivity contribution in [1.82, 2.24) is 4.98 Å². The molecule has 0 aliphatic rings. The van der Waals surface area contributed by atoms with Crippen molar-refractivity contribution in [3.63, 3.8) is 0 Å². The molecule has 0 amide bonds. The Morgan fingerprint density at radius 2 is 2.13 bits per heavy atom. The van der Waals surface area contributed by atoms with E-state index in [0.717, 1.165) is 11.1 Å². The highest BCUT2D eigenvalue weighted by atomic mass is 16.3. The first-order valence-corrected chi connectivity index (χ1v) is 4.81. The van der Waals surface area contributed by atoms with Crippen LogP contribution >= 0.6 is 0 Å². The van der Waals surface area contributed by atoms with Crippen molar-refractivity contribution in [3.05, 3.63) is 54.4 Å². The number of aromatic amines is 1. The van der Waals surface area contributed by atoms with Crippen LogP contribution in [0.25, 0.3) is 16.9 Å². The molecule has 76 valence electrons. The Labute approximate surface area is 88.9 Å². The van der Waals surface area contributed by atoms with Gasteiger partial charge in [0.2, 0.25) is 0 Å². The van der Waals surface area contributed by atoms with Gasteiger partial charge < -0.3 is 10.1 Å². The zero-order chi connectivity index (χ0) is 10.8. The van der Waals surface area contributed by atoms with E-state index in [-0.39, 0.29) is 5.76 Å². The SMILES string of the molecule is C=C(O)c1[nH]ccc1-c1cccc(C)c1. The minimum Gasteiger partial charge on any atom is -0.506 e. The zero-order valence-electron chi connectivity index (χ0n) is 8.62. The van der Waals surface area contributed by atoms with Crippen LogP contribution in [0.3, 0.4) is 0 Å². The average Bonchev–Trinajstić information content (AvgIpc) is 2.65. The predicted molar refractivity (Wildman–Crippen MR) is 62.6 cm³/mol. The molecule has 15 heavy (non-hydrogen) atoms. The van der Waals surface area contributed by atoms with Crippen LogP contribution in [0, 0.1) is 6.92 Å². The Bertz CT molecular complexity index is 497. The molecule has 2 heteroatoms. The lowest BCUT2D eigenvalue weighted by Gasteiger charge is -2.03. The summed E-state index contributed by atoms with van der Waals surface area (Å²) in [5.41, 5.74) is 3.94. The second kappa shape index (κ2) is 3.65. The standard InChI is InChI=1S/C13H13NO/c1-9-4-3-5-11(8-9)12-6-7-14-13(12)10(2)15/h3-8,14-15H,2H2,1H3. The minimum absolute atomic E-state index is 0.0662. The van der Waals surface area contributed by atoms with Crippen molar-refractivity contribution in [1.29, 1.82) is 0 Å². The lowest BCUT2D eigenvalue weighted by molar-refractivity contribution is 0.511. The molecule has 0 bridgehead atoms. The molecule has 0 saturated carbocycles. The van der Waals surface area contributed by atoms with Crippen LogP contribution in [0.15, 0.2) is 43.1 Å². The van der Waals surface area contributed by atoms with Gasteiger partial charge in [-0.3, -0.25) is 0 Å². The highest BCUT2D eigenvalue weighted by Gasteiger charge is 2.08. The zero-order valence-corrected chi connectivity index (χ0v) is 8.62. The quantitative estimate of drug-likeness (QED) is 0.713. The lowest BCUT2D eigenvalue weighted by Crippen LogP contribution is -1.85. The van der Waals surface area contributed by atoms with Gasteiger partial charge in [0, 0.05) is 11.8 Å². The van der Waals surface area contributed by atoms with E-state index in [1.807, 2.05) is 31.2 Å². The van der Waals surface area contributed by atoms with Crippen molar-refractivity contribution in [2.75, 3.05) is 0 Å². The Morgan fingerprint density at radius 1 is 1.33 bits per heavy atom. The number of nitrogens with one attached hydrogen (secondary N) is 1. The molecule has 0 aliphatic carbocycles. The molecule has 0 saturated heterocycles. The first-order valence-electron chi connectivity index (χ1n) is 4.81. The van der Waals surface area contributed by atoms with Crippen LogP contribution in [0.4, 0.5) is 0 Å². The molecule has 2 rings (SSSR count). The summed E-state index contributed by atoms with van der Waals surface area (Å²) < 4.78 is 0. The molecule has 1 aromatic heterocycles. The van der Waals surface area contributed by atoms with Gasteiger partial charge in [-0.2, -0.15) is 0 Å². The lowest BCUT2D eigenvalue weighted by atomic mass is 10.0. The van der Waals surface area contributed by atoms with E-state index in [2.05, 4.69) is 17.6 Å². The van der Waals surface area contributed by atoms with Gasteiger partial charge in [-0.25, -0.2) is 0 Å². The number of aryl methyl sites for hydroxylation is 1. The molecule has 1 aromatic carbocycles. The van der Waals surface area contributed by atoms with Gasteiger partial charge >= 0.3 is 0 Å². The molecule has 2 N–H and O–H groups in total. The van der Waals surface area contributed by atoms with Crippen molar-refractivity contribution in [2.24, 2.45) is 0 Å². The largest absolute Gasteiger partial charge is 0.506 e. The molecule has 0 aliphatic heterocycles. The first kappa shape index (κ1) is 9.59. The second-order valence-electron chi connectivity index (χ2n) is 3.58. The summed E-state index contributed by atoms with van der Waals surface area (Å²) in [6, 6.07) is 10.1. The maximum Gasteiger partial charge on any atom is 0.132 e. The normalized spacial score (nSPS) is 10.2. The van der Waals surface area contributed by atoms with Crippen LogP contribution in [0.2, 0.25) is 0 Å². The predicted octanol–water partition coefficient (Wildman–Crippen LogP) is 3.52. The number of benzene rings is 1. The molecule has 2 nitrogen and oxygen atoms in total. The van der Waals surface area contributed by atoms with Crippen molar-refractivity contribution in [3.8, 4) is 11.1 Å². The summed E-state index contributed by atoms with van der Waals surface area (Å²) in [5.74, 6) is 0.0662. The van der Waals surface area contributed by atoms with E-state index < -0.39 is 0 Å². The van der Waals surface area contributed by atoms with Crippen molar-refractivity contribution in [2.45, 2.75) is 6.92 Å². The van der Waals surface area contributed by atoms with E-state index in [0.29, 0.717) is 5.69 Å². The molecule has 0 radical (unpaired) electrons. The summed E-state index contributed by atoms with van der Waals surface area (Å²) in [6.07, 6.45) is 1.80. The summed E-state index contributed by atoms with van der Waals surface area (Å²) in [4.78, 5) is 2.97. The number of hydrogen-bond donors (Lipinski definition) is 2. The molecule has 1 heterocycles. The van der Waals surface area contributed by atoms with Gasteiger partial charge in [0.25, 0.3) is 0 Å².